The Morgan fingerprint density at radius 3 is 2.19 bits per heavy atom. The molecule has 262 valence electrons. The molecule has 2 heterocycles. The van der Waals surface area contributed by atoms with Crippen molar-refractivity contribution in [1.82, 2.24) is 0 Å². The van der Waals surface area contributed by atoms with Crippen LogP contribution in [0.4, 0.5) is 0 Å². The fraction of sp³-hybridized carbons (Fsp3) is 0.650. The van der Waals surface area contributed by atoms with E-state index in [1.54, 1.807) is 7.11 Å². The largest absolute Gasteiger partial charge is 0.496 e. The average molecular weight is 669 g/mol. The zero-order valence-corrected chi connectivity index (χ0v) is 30.9. The highest BCUT2D eigenvalue weighted by Crippen LogP contribution is 2.48. The molecule has 1 fully saturated rings. The summed E-state index contributed by atoms with van der Waals surface area (Å²) < 4.78 is 40.5. The third-order valence-corrected chi connectivity index (χ3v) is 10.6. The van der Waals surface area contributed by atoms with Crippen LogP contribution in [0.25, 0.3) is 10.1 Å². The summed E-state index contributed by atoms with van der Waals surface area (Å²) in [5.41, 5.74) is 1.76. The Labute approximate surface area is 288 Å². The minimum atomic E-state index is -0.383. The maximum absolute atomic E-state index is 7.03. The van der Waals surface area contributed by atoms with Crippen molar-refractivity contribution in [3.63, 3.8) is 0 Å². The van der Waals surface area contributed by atoms with Gasteiger partial charge in [-0.25, -0.2) is 0 Å². The van der Waals surface area contributed by atoms with E-state index >= 15 is 0 Å². The predicted molar refractivity (Wildman–Crippen MR) is 195 cm³/mol. The van der Waals surface area contributed by atoms with Crippen LogP contribution in [0, 0.1) is 0 Å². The second-order valence-corrected chi connectivity index (χ2v) is 14.4. The monoisotopic (exact) mass is 668 g/mol. The first kappa shape index (κ1) is 37.7. The van der Waals surface area contributed by atoms with E-state index in [-0.39, 0.29) is 29.8 Å². The van der Waals surface area contributed by atoms with Gasteiger partial charge in [0.1, 0.15) is 23.7 Å². The molecular formula is C40H60O6S. The maximum atomic E-state index is 7.03. The van der Waals surface area contributed by atoms with Gasteiger partial charge in [-0.1, -0.05) is 85.4 Å². The molecule has 7 heteroatoms. The maximum Gasteiger partial charge on any atom is 0.128 e. The molecule has 1 aliphatic heterocycles. The average Bonchev–Trinajstić information content (AvgIpc) is 3.53. The third kappa shape index (κ3) is 9.95. The molecule has 0 saturated carbocycles. The summed E-state index contributed by atoms with van der Waals surface area (Å²) >= 11 is 1.84. The molecule has 4 atom stereocenters. The van der Waals surface area contributed by atoms with Crippen molar-refractivity contribution in [2.24, 2.45) is 0 Å². The third-order valence-electron chi connectivity index (χ3n) is 9.19. The van der Waals surface area contributed by atoms with E-state index in [1.807, 2.05) is 11.3 Å². The van der Waals surface area contributed by atoms with Gasteiger partial charge in [0.25, 0.3) is 0 Å². The molecule has 2 aromatic carbocycles. The summed E-state index contributed by atoms with van der Waals surface area (Å²) in [6, 6.07) is 15.3. The molecule has 0 aliphatic carbocycles. The molecule has 0 spiro atoms. The van der Waals surface area contributed by atoms with Crippen molar-refractivity contribution in [1.29, 1.82) is 0 Å². The second-order valence-electron chi connectivity index (χ2n) is 13.4. The molecule has 0 bridgehead atoms. The number of ether oxygens (including phenoxy) is 6. The molecule has 0 unspecified atom stereocenters. The number of benzene rings is 2. The van der Waals surface area contributed by atoms with Gasteiger partial charge in [0.2, 0.25) is 0 Å². The topological polar surface area (TPSA) is 55.4 Å². The van der Waals surface area contributed by atoms with Crippen LogP contribution in [-0.4, -0.2) is 58.5 Å². The molecule has 1 aliphatic rings. The van der Waals surface area contributed by atoms with E-state index in [0.29, 0.717) is 26.4 Å². The molecule has 1 aromatic heterocycles. The first-order valence-electron chi connectivity index (χ1n) is 18.2. The van der Waals surface area contributed by atoms with Crippen LogP contribution in [0.3, 0.4) is 0 Å². The fourth-order valence-corrected chi connectivity index (χ4v) is 7.36. The first-order chi connectivity index (χ1) is 22.9. The van der Waals surface area contributed by atoms with Crippen LogP contribution in [-0.2, 0) is 24.4 Å². The van der Waals surface area contributed by atoms with Gasteiger partial charge < -0.3 is 28.4 Å². The number of thiophene rings is 1. The van der Waals surface area contributed by atoms with E-state index in [1.165, 1.54) is 15.0 Å². The van der Waals surface area contributed by atoms with Gasteiger partial charge in [-0.05, 0) is 49.3 Å². The minimum absolute atomic E-state index is 0.110. The lowest BCUT2D eigenvalue weighted by atomic mass is 9.80. The smallest absolute Gasteiger partial charge is 0.128 e. The van der Waals surface area contributed by atoms with Crippen LogP contribution in [0.15, 0.2) is 42.5 Å². The van der Waals surface area contributed by atoms with Crippen LogP contribution in [0.5, 0.6) is 11.5 Å². The molecule has 47 heavy (non-hydrogen) atoms. The van der Waals surface area contributed by atoms with Crippen LogP contribution in [0.1, 0.15) is 121 Å². The zero-order valence-electron chi connectivity index (χ0n) is 30.1. The van der Waals surface area contributed by atoms with Crippen molar-refractivity contribution in [2.45, 2.75) is 129 Å². The number of fused-ring (bicyclic) bond motifs is 1. The Bertz CT molecular complexity index is 1300. The summed E-state index contributed by atoms with van der Waals surface area (Å²) in [5.74, 6) is 1.61. The zero-order chi connectivity index (χ0) is 33.6. The predicted octanol–water partition coefficient (Wildman–Crippen LogP) is 10.4. The van der Waals surface area contributed by atoms with E-state index in [9.17, 15) is 0 Å². The summed E-state index contributed by atoms with van der Waals surface area (Å²) in [5, 5.41) is 1.26. The van der Waals surface area contributed by atoms with Crippen molar-refractivity contribution in [3.05, 3.63) is 58.5 Å². The highest BCUT2D eigenvalue weighted by molar-refractivity contribution is 7.19. The summed E-state index contributed by atoms with van der Waals surface area (Å²) in [6.07, 6.45) is 8.18. The summed E-state index contributed by atoms with van der Waals surface area (Å²) in [4.78, 5) is 1.28. The Kier molecular flexibility index (Phi) is 15.3. The number of methoxy groups -OCH3 is 1. The highest BCUT2D eigenvalue weighted by Gasteiger charge is 2.43. The number of hydrogen-bond acceptors (Lipinski definition) is 7. The first-order valence-corrected chi connectivity index (χ1v) is 19.0. The van der Waals surface area contributed by atoms with Gasteiger partial charge in [-0.3, -0.25) is 0 Å². The summed E-state index contributed by atoms with van der Waals surface area (Å²) in [6.45, 7) is 16.6. The number of rotatable bonds is 21. The molecule has 3 aromatic rings. The molecule has 0 N–H and O–H groups in total. The van der Waals surface area contributed by atoms with Crippen LogP contribution < -0.4 is 9.47 Å². The SMILES string of the molecule is CCCCOC[C@@H]1C[C@H](OCCCC)[C@@H](OCCCC)[C@H](c2cc(C(C)(C)c3cc4ccccc4s3)c(OC)cc2OCCCC)O1. The number of hydrogen-bond donors (Lipinski definition) is 0. The van der Waals surface area contributed by atoms with Crippen molar-refractivity contribution in [2.75, 3.05) is 40.1 Å². The molecular weight excluding hydrogens is 609 g/mol. The molecule has 0 amide bonds. The van der Waals surface area contributed by atoms with E-state index in [4.69, 9.17) is 28.4 Å². The van der Waals surface area contributed by atoms with Gasteiger partial charge in [0.15, 0.2) is 0 Å². The molecule has 1 saturated heterocycles. The van der Waals surface area contributed by atoms with E-state index in [0.717, 1.165) is 87.0 Å². The second kappa shape index (κ2) is 19.1. The molecule has 6 nitrogen and oxygen atoms in total. The standard InChI is InChI=1S/C40H60O6S/c1-8-12-20-42-28-30-25-35(44-22-14-10-3)39(45-23-15-11-4)38(46-30)31-26-32(34(41-7)27-33(31)43-21-13-9-2)40(5,6)37-24-29-18-16-17-19-36(29)47-37/h16-19,24,26-27,30,35,38-39H,8-15,20-23,25,28H2,1-7H3/t30-,35-,38-,39+/m0/s1. The Balaban J connectivity index is 1.82. The lowest BCUT2D eigenvalue weighted by Crippen LogP contribution is -2.48. The number of unbranched alkanes of at least 4 members (excludes halogenated alkanes) is 4. The van der Waals surface area contributed by atoms with Crippen LogP contribution >= 0.6 is 11.3 Å². The van der Waals surface area contributed by atoms with Crippen LogP contribution in [0.2, 0.25) is 0 Å². The van der Waals surface area contributed by atoms with E-state index in [2.05, 4.69) is 84.0 Å². The molecule has 0 radical (unpaired) electrons. The quantitative estimate of drug-likeness (QED) is 0.105. The molecule has 4 rings (SSSR count). The fourth-order valence-electron chi connectivity index (χ4n) is 6.18. The Morgan fingerprint density at radius 1 is 0.809 bits per heavy atom. The normalized spacial score (nSPS) is 20.1. The van der Waals surface area contributed by atoms with Gasteiger partial charge >= 0.3 is 0 Å². The van der Waals surface area contributed by atoms with Gasteiger partial charge in [-0.15, -0.1) is 11.3 Å². The highest BCUT2D eigenvalue weighted by atomic mass is 32.1. The summed E-state index contributed by atoms with van der Waals surface area (Å²) in [7, 11) is 1.75. The minimum Gasteiger partial charge on any atom is -0.496 e. The van der Waals surface area contributed by atoms with E-state index < -0.39 is 0 Å². The van der Waals surface area contributed by atoms with Gasteiger partial charge in [0, 0.05) is 58.4 Å². The van der Waals surface area contributed by atoms with Gasteiger partial charge in [0.05, 0.1) is 32.5 Å². The van der Waals surface area contributed by atoms with Crippen molar-refractivity contribution < 1.29 is 28.4 Å². The Morgan fingerprint density at radius 2 is 1.49 bits per heavy atom. The lowest BCUT2D eigenvalue weighted by molar-refractivity contribution is -0.213. The Hall–Kier alpha value is -2.16. The van der Waals surface area contributed by atoms with Crippen molar-refractivity contribution >= 4 is 21.4 Å². The van der Waals surface area contributed by atoms with Gasteiger partial charge in [-0.2, -0.15) is 0 Å². The van der Waals surface area contributed by atoms with Crippen molar-refractivity contribution in [3.8, 4) is 11.5 Å². The lowest BCUT2D eigenvalue weighted by Gasteiger charge is -2.42.